The molecule has 7 heteroatoms. The monoisotopic (exact) mass is 420 g/mol. The van der Waals surface area contributed by atoms with Crippen LogP contribution in [0.2, 0.25) is 0 Å². The highest BCUT2D eigenvalue weighted by Gasteiger charge is 2.73. The molecule has 0 aromatic rings. The minimum absolute atomic E-state index is 0.0460. The van der Waals surface area contributed by atoms with Gasteiger partial charge in [0.1, 0.15) is 6.61 Å². The van der Waals surface area contributed by atoms with Crippen LogP contribution in [0, 0.1) is 28.6 Å². The molecule has 4 N–H and O–H groups in total. The molecule has 0 saturated heterocycles. The van der Waals surface area contributed by atoms with Crippen LogP contribution in [0.1, 0.15) is 64.7 Å². The third-order valence-corrected chi connectivity index (χ3v) is 9.94. The Morgan fingerprint density at radius 1 is 1.07 bits per heavy atom. The van der Waals surface area contributed by atoms with Gasteiger partial charge >= 0.3 is 11.9 Å². The molecule has 0 aromatic heterocycles. The van der Waals surface area contributed by atoms with E-state index >= 15 is 0 Å². The van der Waals surface area contributed by atoms with E-state index in [9.17, 15) is 30.0 Å². The van der Waals surface area contributed by atoms with E-state index in [0.29, 0.717) is 32.1 Å². The Kier molecular flexibility index (Phi) is 4.30. The van der Waals surface area contributed by atoms with Crippen LogP contribution in [0.25, 0.3) is 0 Å². The molecular weight excluding hydrogens is 388 g/mol. The molecule has 30 heavy (non-hydrogen) atoms. The molecular formula is C23H32O7. The third-order valence-electron chi connectivity index (χ3n) is 9.94. The molecule has 0 aromatic carbocycles. The first kappa shape index (κ1) is 20.5. The van der Waals surface area contributed by atoms with E-state index in [1.165, 1.54) is 0 Å². The number of ether oxygens (including phenoxy) is 1. The van der Waals surface area contributed by atoms with Crippen molar-refractivity contribution < 1.29 is 34.8 Å². The molecule has 5 aliphatic rings. The van der Waals surface area contributed by atoms with Crippen molar-refractivity contribution in [3.8, 4) is 0 Å². The number of rotatable bonds is 2. The van der Waals surface area contributed by atoms with E-state index < -0.39 is 34.1 Å². The SMILES string of the molecule is C[C@]12CC[C@H]3[C@H](CC[C@]4(O)C[C@H](O)CC[C@]34C(=O)O)[C@@]1(O)CC[C@H]2C1=CC(=O)OC1. The number of cyclic esters (lactones) is 1. The lowest BCUT2D eigenvalue weighted by Crippen LogP contribution is -2.70. The molecule has 1 heterocycles. The summed E-state index contributed by atoms with van der Waals surface area (Å²) in [6.07, 6.45) is 5.00. The second-order valence-corrected chi connectivity index (χ2v) is 10.8. The van der Waals surface area contributed by atoms with Gasteiger partial charge in [0, 0.05) is 17.9 Å². The van der Waals surface area contributed by atoms with Crippen LogP contribution in [0.5, 0.6) is 0 Å². The summed E-state index contributed by atoms with van der Waals surface area (Å²) in [5.74, 6) is -1.82. The lowest BCUT2D eigenvalue weighted by molar-refractivity contribution is -0.260. The maximum atomic E-state index is 12.7. The zero-order valence-electron chi connectivity index (χ0n) is 17.5. The summed E-state index contributed by atoms with van der Waals surface area (Å²) in [4.78, 5) is 24.3. The van der Waals surface area contributed by atoms with Gasteiger partial charge < -0.3 is 25.2 Å². The highest BCUT2D eigenvalue weighted by molar-refractivity contribution is 5.85. The molecule has 5 rings (SSSR count). The van der Waals surface area contributed by atoms with Crippen LogP contribution in [-0.4, -0.2) is 56.3 Å². The molecule has 4 fully saturated rings. The number of aliphatic carboxylic acids is 1. The highest BCUT2D eigenvalue weighted by Crippen LogP contribution is 2.70. The average Bonchev–Trinajstić information content (AvgIpc) is 3.21. The summed E-state index contributed by atoms with van der Waals surface area (Å²) in [5.41, 5.74) is -3.30. The van der Waals surface area contributed by atoms with Gasteiger partial charge in [-0.2, -0.15) is 0 Å². The minimum Gasteiger partial charge on any atom is -0.481 e. The number of hydrogen-bond acceptors (Lipinski definition) is 6. The van der Waals surface area contributed by atoms with E-state index in [1.807, 2.05) is 0 Å². The van der Waals surface area contributed by atoms with Crippen molar-refractivity contribution >= 4 is 11.9 Å². The number of hydrogen-bond donors (Lipinski definition) is 4. The van der Waals surface area contributed by atoms with Crippen LogP contribution >= 0.6 is 0 Å². The summed E-state index contributed by atoms with van der Waals surface area (Å²) < 4.78 is 5.14. The van der Waals surface area contributed by atoms with Crippen LogP contribution in [-0.2, 0) is 14.3 Å². The van der Waals surface area contributed by atoms with Gasteiger partial charge in [-0.05, 0) is 74.7 Å². The fourth-order valence-electron chi connectivity index (χ4n) is 8.49. The summed E-state index contributed by atoms with van der Waals surface area (Å²) in [7, 11) is 0. The Balaban J connectivity index is 1.54. The summed E-state index contributed by atoms with van der Waals surface area (Å²) >= 11 is 0. The van der Waals surface area contributed by atoms with Crippen molar-refractivity contribution in [1.82, 2.24) is 0 Å². The quantitative estimate of drug-likeness (QED) is 0.502. The molecule has 1 aliphatic heterocycles. The Labute approximate surface area is 176 Å². The molecule has 166 valence electrons. The van der Waals surface area contributed by atoms with Crippen molar-refractivity contribution in [2.24, 2.45) is 28.6 Å². The number of carboxylic acids is 1. The Bertz CT molecular complexity index is 822. The summed E-state index contributed by atoms with van der Waals surface area (Å²) in [6.45, 7) is 2.36. The van der Waals surface area contributed by atoms with Crippen LogP contribution in [0.4, 0.5) is 0 Å². The Morgan fingerprint density at radius 2 is 1.80 bits per heavy atom. The maximum absolute atomic E-state index is 12.7. The maximum Gasteiger partial charge on any atom is 0.331 e. The number of fused-ring (bicyclic) bond motifs is 5. The number of carbonyl (C=O) groups excluding carboxylic acids is 1. The van der Waals surface area contributed by atoms with Gasteiger partial charge in [0.05, 0.1) is 22.7 Å². The molecule has 0 bridgehead atoms. The first-order chi connectivity index (χ1) is 14.1. The lowest BCUT2D eigenvalue weighted by Gasteiger charge is -2.65. The van der Waals surface area contributed by atoms with Gasteiger partial charge in [0.15, 0.2) is 0 Å². The summed E-state index contributed by atoms with van der Waals surface area (Å²) in [5, 5.41) is 44.1. The van der Waals surface area contributed by atoms with Crippen molar-refractivity contribution in [2.75, 3.05) is 6.61 Å². The molecule has 0 spiro atoms. The zero-order chi connectivity index (χ0) is 21.5. The van der Waals surface area contributed by atoms with Crippen molar-refractivity contribution in [3.63, 3.8) is 0 Å². The molecule has 0 unspecified atom stereocenters. The number of aliphatic hydroxyl groups excluding tert-OH is 1. The lowest BCUT2D eigenvalue weighted by atomic mass is 9.41. The smallest absolute Gasteiger partial charge is 0.331 e. The zero-order valence-corrected chi connectivity index (χ0v) is 17.5. The fourth-order valence-corrected chi connectivity index (χ4v) is 8.49. The van der Waals surface area contributed by atoms with Gasteiger partial charge in [-0.3, -0.25) is 4.79 Å². The van der Waals surface area contributed by atoms with Gasteiger partial charge in [-0.25, -0.2) is 4.79 Å². The molecule has 0 amide bonds. The van der Waals surface area contributed by atoms with Gasteiger partial charge in [-0.15, -0.1) is 0 Å². The van der Waals surface area contributed by atoms with Gasteiger partial charge in [0.25, 0.3) is 0 Å². The standard InChI is InChI=1S/C23H32O7/c1-20-6-3-16-17(23(20,29)9-5-15(20)13-10-18(25)30-12-13)4-7-21(28)11-14(24)2-8-22(16,21)19(26)27/h10,14-17,24,28-29H,2-9,11-12H2,1H3,(H,26,27)/t14-,15+,16+,17+,20-,21+,22-,23+/m1/s1. The molecule has 7 nitrogen and oxygen atoms in total. The predicted molar refractivity (Wildman–Crippen MR) is 105 cm³/mol. The molecule has 0 radical (unpaired) electrons. The second-order valence-electron chi connectivity index (χ2n) is 10.8. The molecule has 8 atom stereocenters. The van der Waals surface area contributed by atoms with Crippen molar-refractivity contribution in [3.05, 3.63) is 11.6 Å². The molecule has 4 aliphatic carbocycles. The van der Waals surface area contributed by atoms with E-state index in [1.54, 1.807) is 6.08 Å². The number of carboxylic acid groups (broad SMARTS) is 1. The Hall–Kier alpha value is -1.44. The van der Waals surface area contributed by atoms with Crippen molar-refractivity contribution in [2.45, 2.75) is 82.0 Å². The van der Waals surface area contributed by atoms with Crippen LogP contribution < -0.4 is 0 Å². The first-order valence-electron chi connectivity index (χ1n) is 11.3. The fraction of sp³-hybridized carbons (Fsp3) is 0.826. The Morgan fingerprint density at radius 3 is 2.47 bits per heavy atom. The van der Waals surface area contributed by atoms with E-state index in [0.717, 1.165) is 12.0 Å². The topological polar surface area (TPSA) is 124 Å². The average molecular weight is 421 g/mol. The number of aliphatic hydroxyl groups is 3. The van der Waals surface area contributed by atoms with E-state index in [-0.39, 0.29) is 49.6 Å². The normalized spacial score (nSPS) is 52.7. The second kappa shape index (κ2) is 6.30. The number of carbonyl (C=O) groups is 2. The van der Waals surface area contributed by atoms with Crippen LogP contribution in [0.3, 0.4) is 0 Å². The largest absolute Gasteiger partial charge is 0.481 e. The van der Waals surface area contributed by atoms with Gasteiger partial charge in [0.2, 0.25) is 0 Å². The van der Waals surface area contributed by atoms with E-state index in [4.69, 9.17) is 4.74 Å². The summed E-state index contributed by atoms with van der Waals surface area (Å²) in [6, 6.07) is 0. The first-order valence-corrected chi connectivity index (χ1v) is 11.3. The predicted octanol–water partition coefficient (Wildman–Crippen LogP) is 1.78. The van der Waals surface area contributed by atoms with E-state index in [2.05, 4.69) is 6.92 Å². The van der Waals surface area contributed by atoms with Crippen molar-refractivity contribution in [1.29, 1.82) is 0 Å². The molecule has 4 saturated carbocycles. The number of esters is 1. The minimum atomic E-state index is -1.44. The van der Waals surface area contributed by atoms with Crippen LogP contribution in [0.15, 0.2) is 11.6 Å². The van der Waals surface area contributed by atoms with Gasteiger partial charge in [-0.1, -0.05) is 6.92 Å². The third kappa shape index (κ3) is 2.32. The highest BCUT2D eigenvalue weighted by atomic mass is 16.5.